The highest BCUT2D eigenvalue weighted by Gasteiger charge is 2.32. The van der Waals surface area contributed by atoms with E-state index < -0.39 is 0 Å². The fourth-order valence-corrected chi connectivity index (χ4v) is 2.12. The van der Waals surface area contributed by atoms with E-state index in [9.17, 15) is 4.79 Å². The van der Waals surface area contributed by atoms with E-state index in [1.165, 1.54) is 12.8 Å². The second-order valence-electron chi connectivity index (χ2n) is 5.03. The third-order valence-electron chi connectivity index (χ3n) is 3.38. The Morgan fingerprint density at radius 3 is 2.76 bits per heavy atom. The van der Waals surface area contributed by atoms with Gasteiger partial charge in [0.15, 0.2) is 0 Å². The second kappa shape index (κ2) is 4.88. The Kier molecular flexibility index (Phi) is 3.48. The summed E-state index contributed by atoms with van der Waals surface area (Å²) in [5.74, 6) is 0.840. The molecule has 0 aliphatic heterocycles. The van der Waals surface area contributed by atoms with E-state index in [1.54, 1.807) is 0 Å². The van der Waals surface area contributed by atoms with Gasteiger partial charge in [0, 0.05) is 18.2 Å². The van der Waals surface area contributed by atoms with Crippen molar-refractivity contribution in [3.8, 4) is 0 Å². The molecule has 3 N–H and O–H groups in total. The zero-order valence-electron chi connectivity index (χ0n) is 10.5. The van der Waals surface area contributed by atoms with Gasteiger partial charge in [-0.15, -0.1) is 0 Å². The van der Waals surface area contributed by atoms with Gasteiger partial charge >= 0.3 is 0 Å². The fourth-order valence-electron chi connectivity index (χ4n) is 2.12. The Morgan fingerprint density at radius 2 is 2.18 bits per heavy atom. The quantitative estimate of drug-likeness (QED) is 0.837. The lowest BCUT2D eigenvalue weighted by atomic mass is 10.1. The molecule has 1 saturated carbocycles. The van der Waals surface area contributed by atoms with Crippen LogP contribution in [0, 0.1) is 18.8 Å². The van der Waals surface area contributed by atoms with E-state index in [-0.39, 0.29) is 11.8 Å². The van der Waals surface area contributed by atoms with Crippen LogP contribution in [-0.4, -0.2) is 5.91 Å². The van der Waals surface area contributed by atoms with E-state index in [0.717, 1.165) is 16.8 Å². The Labute approximate surface area is 102 Å². The highest BCUT2D eigenvalue weighted by Crippen LogP contribution is 2.37. The van der Waals surface area contributed by atoms with E-state index in [4.69, 9.17) is 5.73 Å². The number of hydrogen-bond donors (Lipinski definition) is 2. The molecule has 1 aliphatic carbocycles. The van der Waals surface area contributed by atoms with Crippen LogP contribution >= 0.6 is 0 Å². The average molecular weight is 232 g/mol. The predicted octanol–water partition coefficient (Wildman–Crippen LogP) is 2.44. The van der Waals surface area contributed by atoms with Crippen molar-refractivity contribution in [2.45, 2.75) is 33.2 Å². The summed E-state index contributed by atoms with van der Waals surface area (Å²) in [4.78, 5) is 12.0. The molecule has 3 heteroatoms. The van der Waals surface area contributed by atoms with Crippen molar-refractivity contribution >= 4 is 11.6 Å². The zero-order chi connectivity index (χ0) is 12.4. The number of amides is 1. The van der Waals surface area contributed by atoms with Gasteiger partial charge in [-0.1, -0.05) is 13.0 Å². The number of nitrogens with one attached hydrogen (secondary N) is 1. The Morgan fingerprint density at radius 1 is 1.47 bits per heavy atom. The topological polar surface area (TPSA) is 55.1 Å². The van der Waals surface area contributed by atoms with Crippen molar-refractivity contribution in [2.75, 3.05) is 5.32 Å². The molecule has 0 spiro atoms. The van der Waals surface area contributed by atoms with Gasteiger partial charge in [-0.2, -0.15) is 0 Å². The van der Waals surface area contributed by atoms with Crippen molar-refractivity contribution in [3.05, 3.63) is 29.3 Å². The summed E-state index contributed by atoms with van der Waals surface area (Å²) in [5.41, 5.74) is 8.67. The fraction of sp³-hybridized carbons (Fsp3) is 0.500. The molecule has 17 heavy (non-hydrogen) atoms. The molecule has 0 aromatic heterocycles. The Balaban J connectivity index is 2.06. The first-order valence-electron chi connectivity index (χ1n) is 6.21. The lowest BCUT2D eigenvalue weighted by molar-refractivity contribution is -0.119. The number of aryl methyl sites for hydroxylation is 1. The van der Waals surface area contributed by atoms with Crippen LogP contribution in [-0.2, 0) is 11.3 Å². The molecule has 1 atom stereocenters. The van der Waals surface area contributed by atoms with Gasteiger partial charge in [0.1, 0.15) is 0 Å². The molecule has 1 amide bonds. The number of carbonyl (C=O) groups is 1. The average Bonchev–Trinajstić information content (AvgIpc) is 3.10. The smallest absolute Gasteiger partial charge is 0.227 e. The number of nitrogens with two attached hydrogens (primary N) is 1. The molecule has 0 saturated heterocycles. The van der Waals surface area contributed by atoms with Gasteiger partial charge in [0.05, 0.1) is 0 Å². The largest absolute Gasteiger partial charge is 0.326 e. The maximum Gasteiger partial charge on any atom is 0.227 e. The van der Waals surface area contributed by atoms with Crippen LogP contribution < -0.4 is 11.1 Å². The number of rotatable bonds is 4. The van der Waals surface area contributed by atoms with Crippen LogP contribution in [0.4, 0.5) is 5.69 Å². The maximum absolute atomic E-state index is 12.0. The highest BCUT2D eigenvalue weighted by molar-refractivity contribution is 5.92. The Bertz CT molecular complexity index is 424. The number of anilines is 1. The van der Waals surface area contributed by atoms with E-state index in [1.807, 2.05) is 32.0 Å². The van der Waals surface area contributed by atoms with Crippen LogP contribution in [0.1, 0.15) is 30.9 Å². The first-order chi connectivity index (χ1) is 8.10. The van der Waals surface area contributed by atoms with E-state index in [2.05, 4.69) is 5.32 Å². The first kappa shape index (κ1) is 12.1. The molecule has 0 heterocycles. The Hall–Kier alpha value is -1.35. The molecule has 1 aliphatic rings. The summed E-state index contributed by atoms with van der Waals surface area (Å²) in [7, 11) is 0. The minimum absolute atomic E-state index is 0.122. The highest BCUT2D eigenvalue weighted by atomic mass is 16.1. The zero-order valence-corrected chi connectivity index (χ0v) is 10.5. The van der Waals surface area contributed by atoms with Crippen molar-refractivity contribution < 1.29 is 4.79 Å². The van der Waals surface area contributed by atoms with Crippen molar-refractivity contribution in [2.24, 2.45) is 17.6 Å². The lowest BCUT2D eigenvalue weighted by Crippen LogP contribution is -2.22. The van der Waals surface area contributed by atoms with Gasteiger partial charge < -0.3 is 11.1 Å². The predicted molar refractivity (Wildman–Crippen MR) is 69.6 cm³/mol. The van der Waals surface area contributed by atoms with Crippen molar-refractivity contribution in [1.82, 2.24) is 0 Å². The molecule has 2 rings (SSSR count). The molecule has 0 unspecified atom stereocenters. The molecule has 1 aromatic rings. The molecular formula is C14H20N2O. The third kappa shape index (κ3) is 3.07. The monoisotopic (exact) mass is 232 g/mol. The van der Waals surface area contributed by atoms with Crippen LogP contribution in [0.2, 0.25) is 0 Å². The molecule has 0 radical (unpaired) electrons. The summed E-state index contributed by atoms with van der Waals surface area (Å²) in [6, 6.07) is 5.97. The molecule has 92 valence electrons. The first-order valence-corrected chi connectivity index (χ1v) is 6.21. The molecule has 1 aromatic carbocycles. The number of carbonyl (C=O) groups excluding carboxylic acids is 1. The van der Waals surface area contributed by atoms with Crippen LogP contribution in [0.5, 0.6) is 0 Å². The summed E-state index contributed by atoms with van der Waals surface area (Å²) < 4.78 is 0. The minimum Gasteiger partial charge on any atom is -0.326 e. The number of hydrogen-bond acceptors (Lipinski definition) is 2. The van der Waals surface area contributed by atoms with Crippen molar-refractivity contribution in [1.29, 1.82) is 0 Å². The molecule has 0 bridgehead atoms. The number of benzene rings is 1. The summed E-state index contributed by atoms with van der Waals surface area (Å²) >= 11 is 0. The van der Waals surface area contributed by atoms with Gasteiger partial charge in [-0.3, -0.25) is 4.79 Å². The van der Waals surface area contributed by atoms with Gasteiger partial charge in [0.25, 0.3) is 0 Å². The minimum atomic E-state index is 0.122. The maximum atomic E-state index is 12.0. The molecular weight excluding hydrogens is 212 g/mol. The second-order valence-corrected chi connectivity index (χ2v) is 5.03. The van der Waals surface area contributed by atoms with Crippen LogP contribution in [0.15, 0.2) is 18.2 Å². The molecule has 3 nitrogen and oxygen atoms in total. The molecule has 1 fully saturated rings. The van der Waals surface area contributed by atoms with Gasteiger partial charge in [-0.05, 0) is 48.9 Å². The van der Waals surface area contributed by atoms with E-state index >= 15 is 0 Å². The summed E-state index contributed by atoms with van der Waals surface area (Å²) in [5, 5.41) is 2.98. The van der Waals surface area contributed by atoms with Gasteiger partial charge in [0.2, 0.25) is 5.91 Å². The summed E-state index contributed by atoms with van der Waals surface area (Å²) in [6.45, 7) is 4.52. The normalized spacial score (nSPS) is 16.6. The van der Waals surface area contributed by atoms with Gasteiger partial charge in [-0.25, -0.2) is 0 Å². The lowest BCUT2D eigenvalue weighted by Gasteiger charge is -2.12. The van der Waals surface area contributed by atoms with Crippen LogP contribution in [0.25, 0.3) is 0 Å². The standard InChI is InChI=1S/C14H20N2O/c1-9-5-11(8-15)7-13(6-9)16-14(17)10(2)12-3-4-12/h5-7,10,12H,3-4,8,15H2,1-2H3,(H,16,17)/t10-/m1/s1. The SMILES string of the molecule is Cc1cc(CN)cc(NC(=O)[C@H](C)C2CC2)c1. The van der Waals surface area contributed by atoms with E-state index in [0.29, 0.717) is 12.5 Å². The summed E-state index contributed by atoms with van der Waals surface area (Å²) in [6.07, 6.45) is 2.38. The van der Waals surface area contributed by atoms with Crippen molar-refractivity contribution in [3.63, 3.8) is 0 Å². The van der Waals surface area contributed by atoms with Crippen LogP contribution in [0.3, 0.4) is 0 Å². The third-order valence-corrected chi connectivity index (χ3v) is 3.38.